The molecule has 36 heavy (non-hydrogen) atoms. The summed E-state index contributed by atoms with van der Waals surface area (Å²) in [5.41, 5.74) is 1.04. The van der Waals surface area contributed by atoms with Crippen molar-refractivity contribution in [1.29, 1.82) is 0 Å². The van der Waals surface area contributed by atoms with Crippen LogP contribution in [0.3, 0.4) is 0 Å². The van der Waals surface area contributed by atoms with E-state index in [1.54, 1.807) is 35.9 Å². The van der Waals surface area contributed by atoms with Gasteiger partial charge in [-0.3, -0.25) is 9.36 Å². The van der Waals surface area contributed by atoms with Crippen LogP contribution in [0.25, 0.3) is 22.2 Å². The highest BCUT2D eigenvalue weighted by Gasteiger charge is 2.30. The lowest BCUT2D eigenvalue weighted by molar-refractivity contribution is 0.0287. The van der Waals surface area contributed by atoms with Gasteiger partial charge in [-0.25, -0.2) is 14.8 Å². The van der Waals surface area contributed by atoms with Crippen LogP contribution in [0.2, 0.25) is 0 Å². The van der Waals surface area contributed by atoms with Gasteiger partial charge in [0.25, 0.3) is 5.56 Å². The molecule has 0 saturated carbocycles. The molecule has 1 aromatic carbocycles. The summed E-state index contributed by atoms with van der Waals surface area (Å²) in [6.45, 7) is 7.09. The first-order chi connectivity index (χ1) is 17.1. The van der Waals surface area contributed by atoms with Gasteiger partial charge in [0.2, 0.25) is 0 Å². The Balaban J connectivity index is 1.75. The van der Waals surface area contributed by atoms with Gasteiger partial charge in [-0.2, -0.15) is 0 Å². The number of rotatable bonds is 6. The molecular formula is C26H32N4O5S. The maximum atomic E-state index is 13.9. The van der Waals surface area contributed by atoms with E-state index in [1.807, 2.05) is 45.2 Å². The molecule has 0 unspecified atom stereocenters. The van der Waals surface area contributed by atoms with Crippen molar-refractivity contribution >= 4 is 28.9 Å². The van der Waals surface area contributed by atoms with Crippen molar-refractivity contribution in [3.05, 3.63) is 40.8 Å². The van der Waals surface area contributed by atoms with E-state index < -0.39 is 5.60 Å². The monoisotopic (exact) mass is 512 g/mol. The fraction of sp³-hybridized carbons (Fsp3) is 0.462. The Kier molecular flexibility index (Phi) is 7.44. The predicted octanol–water partition coefficient (Wildman–Crippen LogP) is 4.45. The number of carbonyl (C=O) groups is 1. The van der Waals surface area contributed by atoms with Crippen molar-refractivity contribution in [3.63, 3.8) is 0 Å². The Morgan fingerprint density at radius 2 is 1.83 bits per heavy atom. The first kappa shape index (κ1) is 25.8. The summed E-state index contributed by atoms with van der Waals surface area (Å²) in [6.07, 6.45) is 4.08. The lowest BCUT2D eigenvalue weighted by Crippen LogP contribution is -2.36. The quantitative estimate of drug-likeness (QED) is 0.353. The molecule has 9 nitrogen and oxygen atoms in total. The molecule has 1 aliphatic rings. The summed E-state index contributed by atoms with van der Waals surface area (Å²) in [5.74, 6) is 1.27. The van der Waals surface area contributed by atoms with E-state index in [9.17, 15) is 9.59 Å². The van der Waals surface area contributed by atoms with Gasteiger partial charge in [0.15, 0.2) is 5.16 Å². The Morgan fingerprint density at radius 3 is 2.44 bits per heavy atom. The van der Waals surface area contributed by atoms with Crippen molar-refractivity contribution in [2.45, 2.75) is 44.5 Å². The number of thioether (sulfide) groups is 1. The zero-order valence-electron chi connectivity index (χ0n) is 21.5. The molecule has 192 valence electrons. The number of benzene rings is 1. The van der Waals surface area contributed by atoms with E-state index in [4.69, 9.17) is 14.2 Å². The molecule has 10 heteroatoms. The van der Waals surface area contributed by atoms with Crippen LogP contribution in [-0.4, -0.2) is 64.7 Å². The van der Waals surface area contributed by atoms with Crippen molar-refractivity contribution < 1.29 is 19.0 Å². The fourth-order valence-electron chi connectivity index (χ4n) is 4.31. The third-order valence-electron chi connectivity index (χ3n) is 6.03. The van der Waals surface area contributed by atoms with Crippen LogP contribution in [0.15, 0.2) is 40.4 Å². The molecule has 1 aliphatic heterocycles. The molecule has 1 fully saturated rings. The summed E-state index contributed by atoms with van der Waals surface area (Å²) in [7, 11) is 3.15. The number of hydrogen-bond donors (Lipinski definition) is 0. The second-order valence-corrected chi connectivity index (χ2v) is 10.6. The van der Waals surface area contributed by atoms with Crippen molar-refractivity contribution in [2.24, 2.45) is 5.92 Å². The molecule has 1 saturated heterocycles. The summed E-state index contributed by atoms with van der Waals surface area (Å²) >= 11 is 1.42. The summed E-state index contributed by atoms with van der Waals surface area (Å²) < 4.78 is 18.1. The van der Waals surface area contributed by atoms with Crippen LogP contribution in [0.5, 0.6) is 11.5 Å². The van der Waals surface area contributed by atoms with Crippen LogP contribution in [0.1, 0.15) is 27.2 Å². The molecule has 1 amide bonds. The lowest BCUT2D eigenvalue weighted by atomic mass is 10.0. The van der Waals surface area contributed by atoms with E-state index in [2.05, 4.69) is 9.97 Å². The molecule has 2 aromatic heterocycles. The number of hydrogen-bond acceptors (Lipinski definition) is 8. The van der Waals surface area contributed by atoms with Gasteiger partial charge in [-0.1, -0.05) is 11.8 Å². The SMILES string of the molecule is COc1cc(OC)cc(-c2cc3cnc(SC)nc3n(C[C@@H]3CCN(C(=O)OC(C)(C)C)C3)c2=O)c1. The number of fused-ring (bicyclic) bond motifs is 1. The molecule has 1 atom stereocenters. The third-order valence-corrected chi connectivity index (χ3v) is 6.59. The Morgan fingerprint density at radius 1 is 1.14 bits per heavy atom. The number of nitrogens with zero attached hydrogens (tertiary/aromatic N) is 4. The normalized spacial score (nSPS) is 15.8. The zero-order chi connectivity index (χ0) is 26.0. The van der Waals surface area contributed by atoms with Gasteiger partial charge in [0, 0.05) is 42.8 Å². The molecule has 0 bridgehead atoms. The van der Waals surface area contributed by atoms with Crippen LogP contribution >= 0.6 is 11.8 Å². The van der Waals surface area contributed by atoms with Crippen molar-refractivity contribution in [3.8, 4) is 22.6 Å². The Hall–Kier alpha value is -3.27. The second-order valence-electron chi connectivity index (χ2n) is 9.79. The van der Waals surface area contributed by atoms with Crippen LogP contribution in [0, 0.1) is 5.92 Å². The lowest BCUT2D eigenvalue weighted by Gasteiger charge is -2.24. The summed E-state index contributed by atoms with van der Waals surface area (Å²) in [5, 5.41) is 1.35. The van der Waals surface area contributed by atoms with E-state index in [1.165, 1.54) is 11.8 Å². The van der Waals surface area contributed by atoms with E-state index >= 15 is 0 Å². The smallest absolute Gasteiger partial charge is 0.410 e. The fourth-order valence-corrected chi connectivity index (χ4v) is 4.65. The third kappa shape index (κ3) is 5.59. The molecule has 0 N–H and O–H groups in total. The molecular weight excluding hydrogens is 480 g/mol. The zero-order valence-corrected chi connectivity index (χ0v) is 22.3. The van der Waals surface area contributed by atoms with Crippen molar-refractivity contribution in [2.75, 3.05) is 33.6 Å². The first-order valence-corrected chi connectivity index (χ1v) is 13.0. The largest absolute Gasteiger partial charge is 0.497 e. The minimum Gasteiger partial charge on any atom is -0.497 e. The molecule has 0 radical (unpaired) electrons. The summed E-state index contributed by atoms with van der Waals surface area (Å²) in [6, 6.07) is 7.20. The predicted molar refractivity (Wildman–Crippen MR) is 140 cm³/mol. The number of aromatic nitrogens is 3. The van der Waals surface area contributed by atoms with Gasteiger partial charge < -0.3 is 19.1 Å². The van der Waals surface area contributed by atoms with Gasteiger partial charge in [-0.05, 0) is 63.1 Å². The maximum Gasteiger partial charge on any atom is 0.410 e. The molecule has 4 rings (SSSR count). The second kappa shape index (κ2) is 10.4. The van der Waals surface area contributed by atoms with Gasteiger partial charge in [0.05, 0.1) is 14.2 Å². The highest BCUT2D eigenvalue weighted by Crippen LogP contribution is 2.30. The molecule has 3 aromatic rings. The standard InChI is InChI=1S/C26H32N4O5S/c1-26(2,3)35-25(32)29-8-7-16(14-29)15-30-22-18(13-27-24(28-22)36-6)11-21(23(30)31)17-9-19(33-4)12-20(10-17)34-5/h9-13,16H,7-8,14-15H2,1-6H3/t16-/m1/s1. The number of methoxy groups -OCH3 is 2. The van der Waals surface area contributed by atoms with E-state index in [-0.39, 0.29) is 17.6 Å². The highest BCUT2D eigenvalue weighted by molar-refractivity contribution is 7.98. The molecule has 3 heterocycles. The van der Waals surface area contributed by atoms with Gasteiger partial charge in [-0.15, -0.1) is 0 Å². The number of pyridine rings is 1. The number of likely N-dealkylation sites (tertiary alicyclic amines) is 1. The number of ether oxygens (including phenoxy) is 3. The Bertz CT molecular complexity index is 1310. The van der Waals surface area contributed by atoms with Gasteiger partial charge in [0.1, 0.15) is 22.7 Å². The topological polar surface area (TPSA) is 95.8 Å². The minimum atomic E-state index is -0.556. The molecule has 0 aliphatic carbocycles. The average Bonchev–Trinajstić information content (AvgIpc) is 3.32. The maximum absolute atomic E-state index is 13.9. The van der Waals surface area contributed by atoms with Crippen LogP contribution in [0.4, 0.5) is 4.79 Å². The van der Waals surface area contributed by atoms with Crippen molar-refractivity contribution in [1.82, 2.24) is 19.4 Å². The molecule has 0 spiro atoms. The first-order valence-electron chi connectivity index (χ1n) is 11.8. The minimum absolute atomic E-state index is 0.0845. The van der Waals surface area contributed by atoms with Gasteiger partial charge >= 0.3 is 6.09 Å². The average molecular weight is 513 g/mol. The summed E-state index contributed by atoms with van der Waals surface area (Å²) in [4.78, 5) is 37.2. The van der Waals surface area contributed by atoms with Crippen LogP contribution in [-0.2, 0) is 11.3 Å². The van der Waals surface area contributed by atoms with E-state index in [0.717, 1.165) is 11.8 Å². The number of amides is 1. The highest BCUT2D eigenvalue weighted by atomic mass is 32.2. The van der Waals surface area contributed by atoms with Crippen LogP contribution < -0.4 is 15.0 Å². The number of carbonyl (C=O) groups excluding carboxylic acids is 1. The Labute approximate surface area is 214 Å². The van der Waals surface area contributed by atoms with E-state index in [0.29, 0.717) is 53.1 Å².